The van der Waals surface area contributed by atoms with Crippen LogP contribution in [0.15, 0.2) is 12.7 Å². The maximum atomic E-state index is 13.3. The molecule has 31 heavy (non-hydrogen) atoms. The number of carbonyl (C=O) groups excluding carboxylic acids is 2. The summed E-state index contributed by atoms with van der Waals surface area (Å²) in [6.45, 7) is 10.2. The molecule has 0 bridgehead atoms. The number of hydrogen-bond acceptors (Lipinski definition) is 5. The molecule has 5 rings (SSSR count). The molecule has 7 nitrogen and oxygen atoms in total. The van der Waals surface area contributed by atoms with Gasteiger partial charge < -0.3 is 5.32 Å². The summed E-state index contributed by atoms with van der Waals surface area (Å²) in [5, 5.41) is 3.47. The van der Waals surface area contributed by atoms with E-state index in [1.165, 1.54) is 23.6 Å². The lowest BCUT2D eigenvalue weighted by molar-refractivity contribution is -0.130. The van der Waals surface area contributed by atoms with E-state index in [9.17, 15) is 18.0 Å². The van der Waals surface area contributed by atoms with Crippen molar-refractivity contribution >= 4 is 21.9 Å². The van der Waals surface area contributed by atoms with E-state index >= 15 is 0 Å². The molecule has 1 amide bonds. The molecule has 0 aromatic carbocycles. The number of ketones is 1. The molecule has 2 spiro atoms. The number of carbonyl (C=O) groups is 2. The predicted molar refractivity (Wildman–Crippen MR) is 117 cm³/mol. The zero-order chi connectivity index (χ0) is 22.3. The van der Waals surface area contributed by atoms with Gasteiger partial charge in [0.1, 0.15) is 0 Å². The Morgan fingerprint density at radius 2 is 1.81 bits per heavy atom. The molecule has 2 saturated heterocycles. The molecule has 2 aliphatic heterocycles. The van der Waals surface area contributed by atoms with Gasteiger partial charge in [-0.2, -0.15) is 12.7 Å². The smallest absolute Gasteiger partial charge is 0.303 e. The minimum Gasteiger partial charge on any atom is -0.307 e. The van der Waals surface area contributed by atoms with Gasteiger partial charge in [0.05, 0.1) is 11.5 Å². The largest absolute Gasteiger partial charge is 0.307 e. The Balaban J connectivity index is 1.27. The van der Waals surface area contributed by atoms with Crippen LogP contribution in [0, 0.1) is 27.6 Å². The second-order valence-corrected chi connectivity index (χ2v) is 12.8. The first-order valence-corrected chi connectivity index (χ1v) is 13.2. The van der Waals surface area contributed by atoms with Crippen LogP contribution in [-0.2, 0) is 19.8 Å². The SMILES string of the molecule is C=C[C@@H]1C[C@]1(CC(=O)[C@@H]1C[C@@]2(CN1)C(C)(C)C21CCC1)C(=O)NS(=O)(=O)N1CCCC1. The first kappa shape index (κ1) is 21.6. The molecule has 3 aliphatic carbocycles. The molecular weight excluding hydrogens is 414 g/mol. The number of Topliss-reactive ketones (excluding diaryl/α,β-unsaturated/α-hetero) is 1. The van der Waals surface area contributed by atoms with Gasteiger partial charge >= 0.3 is 10.2 Å². The number of fused-ring (bicyclic) bond motifs is 1. The van der Waals surface area contributed by atoms with Crippen LogP contribution in [0.3, 0.4) is 0 Å². The fourth-order valence-corrected chi connectivity index (χ4v) is 8.89. The molecule has 5 aliphatic rings. The Bertz CT molecular complexity index is 934. The highest BCUT2D eigenvalue weighted by Gasteiger charge is 2.83. The summed E-state index contributed by atoms with van der Waals surface area (Å²) >= 11 is 0. The van der Waals surface area contributed by atoms with Crippen molar-refractivity contribution in [3.05, 3.63) is 12.7 Å². The molecule has 2 heterocycles. The number of allylic oxidation sites excluding steroid dienone is 1. The Morgan fingerprint density at radius 3 is 2.32 bits per heavy atom. The molecule has 3 saturated carbocycles. The lowest BCUT2D eigenvalue weighted by Crippen LogP contribution is -2.46. The van der Waals surface area contributed by atoms with Crippen molar-refractivity contribution in [2.75, 3.05) is 19.6 Å². The highest BCUT2D eigenvalue weighted by atomic mass is 32.2. The Kier molecular flexibility index (Phi) is 4.62. The lowest BCUT2D eigenvalue weighted by Gasteiger charge is -2.31. The van der Waals surface area contributed by atoms with Gasteiger partial charge in [-0.3, -0.25) is 9.59 Å². The van der Waals surface area contributed by atoms with E-state index in [-0.39, 0.29) is 35.0 Å². The van der Waals surface area contributed by atoms with Crippen molar-refractivity contribution in [3.63, 3.8) is 0 Å². The number of nitrogens with zero attached hydrogens (tertiary/aromatic N) is 1. The second-order valence-electron chi connectivity index (χ2n) is 11.2. The zero-order valence-corrected chi connectivity index (χ0v) is 19.5. The van der Waals surface area contributed by atoms with Gasteiger partial charge in [-0.25, -0.2) is 4.72 Å². The quantitative estimate of drug-likeness (QED) is 0.581. The Labute approximate surface area is 185 Å². The molecule has 2 N–H and O–H groups in total. The van der Waals surface area contributed by atoms with E-state index in [1.54, 1.807) is 6.08 Å². The molecule has 5 fully saturated rings. The van der Waals surface area contributed by atoms with Crippen LogP contribution in [0.25, 0.3) is 0 Å². The van der Waals surface area contributed by atoms with Crippen LogP contribution < -0.4 is 10.0 Å². The molecule has 8 heteroatoms. The third-order valence-corrected chi connectivity index (χ3v) is 11.5. The lowest BCUT2D eigenvalue weighted by atomic mass is 9.73. The van der Waals surface area contributed by atoms with Gasteiger partial charge in [0, 0.05) is 26.1 Å². The third-order valence-electron chi connectivity index (χ3n) is 10.0. The third kappa shape index (κ3) is 2.73. The summed E-state index contributed by atoms with van der Waals surface area (Å²) in [5.74, 6) is -0.671. The van der Waals surface area contributed by atoms with Gasteiger partial charge in [0.15, 0.2) is 5.78 Å². The van der Waals surface area contributed by atoms with E-state index in [0.29, 0.717) is 24.9 Å². The zero-order valence-electron chi connectivity index (χ0n) is 18.7. The summed E-state index contributed by atoms with van der Waals surface area (Å²) in [6.07, 6.45) is 8.47. The van der Waals surface area contributed by atoms with Crippen LogP contribution >= 0.6 is 0 Å². The van der Waals surface area contributed by atoms with Crippen molar-refractivity contribution in [3.8, 4) is 0 Å². The minimum atomic E-state index is -3.85. The minimum absolute atomic E-state index is 0.0344. The predicted octanol–water partition coefficient (Wildman–Crippen LogP) is 2.15. The Morgan fingerprint density at radius 1 is 1.13 bits per heavy atom. The first-order chi connectivity index (χ1) is 14.6. The van der Waals surface area contributed by atoms with Crippen LogP contribution in [0.2, 0.25) is 0 Å². The van der Waals surface area contributed by atoms with Gasteiger partial charge in [0.25, 0.3) is 0 Å². The standard InChI is InChI=1S/C23H35N3O4S/c1-4-16-12-21(16,19(28)25-31(29,30)26-10-5-6-11-26)14-18(27)17-13-23(15-24-17)20(2,3)22(23)8-7-9-22/h4,16-17,24H,1,5-15H2,2-3H3,(H,25,28)/t16-,17+,21-,23-/m1/s1. The molecule has 172 valence electrons. The van der Waals surface area contributed by atoms with Gasteiger partial charge in [-0.1, -0.05) is 26.3 Å². The number of hydrogen-bond donors (Lipinski definition) is 2. The maximum absolute atomic E-state index is 13.3. The van der Waals surface area contributed by atoms with Gasteiger partial charge in [-0.05, 0) is 60.7 Å². The summed E-state index contributed by atoms with van der Waals surface area (Å²) in [5.41, 5.74) is -0.155. The fraction of sp³-hybridized carbons (Fsp3) is 0.826. The average molecular weight is 450 g/mol. The topological polar surface area (TPSA) is 95.6 Å². The van der Waals surface area contributed by atoms with E-state index in [0.717, 1.165) is 25.8 Å². The van der Waals surface area contributed by atoms with Crippen molar-refractivity contribution in [2.45, 2.75) is 71.3 Å². The highest BCUT2D eigenvalue weighted by molar-refractivity contribution is 7.87. The molecule has 0 radical (unpaired) electrons. The highest BCUT2D eigenvalue weighted by Crippen LogP contribution is 2.87. The number of amides is 1. The normalized spacial score (nSPS) is 39.9. The van der Waals surface area contributed by atoms with Crippen LogP contribution in [-0.4, -0.2) is 50.1 Å². The van der Waals surface area contributed by atoms with Crippen LogP contribution in [0.1, 0.15) is 65.2 Å². The number of rotatable bonds is 7. The van der Waals surface area contributed by atoms with E-state index < -0.39 is 21.5 Å². The summed E-state index contributed by atoms with van der Waals surface area (Å²) in [4.78, 5) is 26.4. The van der Waals surface area contributed by atoms with Crippen LogP contribution in [0.4, 0.5) is 0 Å². The summed E-state index contributed by atoms with van der Waals surface area (Å²) in [6, 6.07) is -0.245. The average Bonchev–Trinajstić information content (AvgIpc) is 3.16. The van der Waals surface area contributed by atoms with E-state index in [2.05, 4.69) is 30.5 Å². The molecular formula is C23H35N3O4S. The van der Waals surface area contributed by atoms with Crippen molar-refractivity contribution < 1.29 is 18.0 Å². The van der Waals surface area contributed by atoms with Crippen molar-refractivity contribution in [1.29, 1.82) is 0 Å². The molecule has 0 aromatic rings. The molecule has 4 atom stereocenters. The van der Waals surface area contributed by atoms with E-state index in [4.69, 9.17) is 0 Å². The molecule has 0 aromatic heterocycles. The number of nitrogens with one attached hydrogen (secondary N) is 2. The fourth-order valence-electron chi connectivity index (χ4n) is 7.58. The van der Waals surface area contributed by atoms with Gasteiger partial charge in [0.2, 0.25) is 5.91 Å². The van der Waals surface area contributed by atoms with Crippen molar-refractivity contribution in [1.82, 2.24) is 14.3 Å². The van der Waals surface area contributed by atoms with Crippen molar-refractivity contribution in [2.24, 2.45) is 27.6 Å². The monoisotopic (exact) mass is 449 g/mol. The van der Waals surface area contributed by atoms with Crippen LogP contribution in [0.5, 0.6) is 0 Å². The van der Waals surface area contributed by atoms with E-state index in [1.807, 2.05) is 0 Å². The summed E-state index contributed by atoms with van der Waals surface area (Å²) < 4.78 is 28.8. The van der Waals surface area contributed by atoms with Gasteiger partial charge in [-0.15, -0.1) is 6.58 Å². The first-order valence-electron chi connectivity index (χ1n) is 11.8. The molecule has 0 unspecified atom stereocenters. The Hall–Kier alpha value is -1.25. The summed E-state index contributed by atoms with van der Waals surface area (Å²) in [7, 11) is -3.85. The second kappa shape index (κ2) is 6.64. The maximum Gasteiger partial charge on any atom is 0.303 e.